The molecule has 3 rings (SSSR count). The molecule has 0 aliphatic carbocycles. The second kappa shape index (κ2) is 4.59. The van der Waals surface area contributed by atoms with Gasteiger partial charge in [0.05, 0.1) is 5.52 Å². The molecule has 1 aromatic carbocycles. The Kier molecular flexibility index (Phi) is 2.89. The lowest BCUT2D eigenvalue weighted by Gasteiger charge is -2.28. The van der Waals surface area contributed by atoms with Crippen LogP contribution in [0.2, 0.25) is 0 Å². The van der Waals surface area contributed by atoms with Gasteiger partial charge >= 0.3 is 6.03 Å². The number of aromatic nitrogens is 1. The summed E-state index contributed by atoms with van der Waals surface area (Å²) in [6.45, 7) is 3.92. The largest absolute Gasteiger partial charge is 0.385 e. The van der Waals surface area contributed by atoms with Crippen LogP contribution < -0.4 is 5.73 Å². The van der Waals surface area contributed by atoms with E-state index in [1.54, 1.807) is 11.1 Å². The maximum Gasteiger partial charge on any atom is 0.346 e. The second-order valence-electron chi connectivity index (χ2n) is 5.18. The van der Waals surface area contributed by atoms with Crippen molar-refractivity contribution in [2.75, 3.05) is 0 Å². The number of carbonyl (C=O) groups is 1. The molecule has 0 spiro atoms. The zero-order chi connectivity index (χ0) is 14.3. The molecule has 0 radical (unpaired) electrons. The number of carbonyl (C=O) groups excluding carboxylic acids is 1. The Bertz CT molecular complexity index is 708. The smallest absolute Gasteiger partial charge is 0.346 e. The predicted molar refractivity (Wildman–Crippen MR) is 78.5 cm³/mol. The molecule has 2 amide bonds. The number of pyridine rings is 1. The van der Waals surface area contributed by atoms with Gasteiger partial charge in [-0.15, -0.1) is 0 Å². The lowest BCUT2D eigenvalue weighted by molar-refractivity contribution is 0.190. The number of amides is 2. The molecule has 1 aromatic heterocycles. The van der Waals surface area contributed by atoms with Crippen LogP contribution in [0.5, 0.6) is 0 Å². The van der Waals surface area contributed by atoms with E-state index in [0.29, 0.717) is 5.84 Å². The average molecular weight is 268 g/mol. The maximum absolute atomic E-state index is 11.9. The van der Waals surface area contributed by atoms with Crippen LogP contribution in [0.1, 0.15) is 25.5 Å². The number of aliphatic imine (C=N–C) groups is 1. The molecule has 2 N–H and O–H groups in total. The quantitative estimate of drug-likeness (QED) is 0.909. The Hall–Kier alpha value is -2.43. The Morgan fingerprint density at radius 2 is 2.10 bits per heavy atom. The van der Waals surface area contributed by atoms with Gasteiger partial charge in [0.2, 0.25) is 0 Å². The van der Waals surface area contributed by atoms with Crippen LogP contribution in [-0.4, -0.2) is 27.8 Å². The zero-order valence-electron chi connectivity index (χ0n) is 11.4. The minimum Gasteiger partial charge on any atom is -0.385 e. The van der Waals surface area contributed by atoms with E-state index < -0.39 is 0 Å². The SMILES string of the molecule is CC(C)N1C(=O)N=C(N)C1c1ccc2ncccc2c1. The molecule has 5 nitrogen and oxygen atoms in total. The first-order valence-electron chi connectivity index (χ1n) is 6.59. The number of rotatable bonds is 2. The van der Waals surface area contributed by atoms with Crippen molar-refractivity contribution in [3.05, 3.63) is 42.1 Å². The third-order valence-corrected chi connectivity index (χ3v) is 3.50. The Morgan fingerprint density at radius 1 is 1.30 bits per heavy atom. The second-order valence-corrected chi connectivity index (χ2v) is 5.18. The van der Waals surface area contributed by atoms with Gasteiger partial charge in [-0.3, -0.25) is 4.98 Å². The molecule has 0 fully saturated rings. The summed E-state index contributed by atoms with van der Waals surface area (Å²) in [6.07, 6.45) is 1.76. The Labute approximate surface area is 117 Å². The average Bonchev–Trinajstić information content (AvgIpc) is 2.73. The van der Waals surface area contributed by atoms with Crippen LogP contribution in [-0.2, 0) is 0 Å². The third-order valence-electron chi connectivity index (χ3n) is 3.50. The summed E-state index contributed by atoms with van der Waals surface area (Å²) in [5.74, 6) is 0.354. The summed E-state index contributed by atoms with van der Waals surface area (Å²) in [5.41, 5.74) is 7.83. The fraction of sp³-hybridized carbons (Fsp3) is 0.267. The van der Waals surface area contributed by atoms with E-state index in [1.807, 2.05) is 44.2 Å². The molecule has 1 aliphatic rings. The minimum atomic E-state index is -0.285. The molecule has 5 heteroatoms. The molecule has 1 unspecified atom stereocenters. The van der Waals surface area contributed by atoms with E-state index in [9.17, 15) is 4.79 Å². The molecular weight excluding hydrogens is 252 g/mol. The predicted octanol–water partition coefficient (Wildman–Crippen LogP) is 2.48. The molecule has 2 aromatic rings. The van der Waals surface area contributed by atoms with E-state index in [0.717, 1.165) is 16.5 Å². The van der Waals surface area contributed by atoms with Gasteiger partial charge in [-0.05, 0) is 37.6 Å². The van der Waals surface area contributed by atoms with Crippen molar-refractivity contribution in [2.45, 2.75) is 25.9 Å². The number of fused-ring (bicyclic) bond motifs is 1. The Morgan fingerprint density at radius 3 is 2.85 bits per heavy atom. The zero-order valence-corrected chi connectivity index (χ0v) is 11.4. The van der Waals surface area contributed by atoms with Gasteiger partial charge < -0.3 is 10.6 Å². The van der Waals surface area contributed by atoms with Gasteiger partial charge in [-0.2, -0.15) is 4.99 Å². The fourth-order valence-corrected chi connectivity index (χ4v) is 2.60. The first-order chi connectivity index (χ1) is 9.58. The summed E-state index contributed by atoms with van der Waals surface area (Å²) < 4.78 is 0. The van der Waals surface area contributed by atoms with Gasteiger partial charge in [0, 0.05) is 17.6 Å². The van der Waals surface area contributed by atoms with Gasteiger partial charge in [0.25, 0.3) is 0 Å². The molecule has 0 bridgehead atoms. The lowest BCUT2D eigenvalue weighted by atomic mass is 10.0. The number of amidine groups is 1. The fourth-order valence-electron chi connectivity index (χ4n) is 2.60. The number of nitrogens with zero attached hydrogens (tertiary/aromatic N) is 3. The highest BCUT2D eigenvalue weighted by Gasteiger charge is 2.36. The Balaban J connectivity index is 2.09. The summed E-state index contributed by atoms with van der Waals surface area (Å²) in [4.78, 5) is 21.8. The van der Waals surface area contributed by atoms with Crippen molar-refractivity contribution >= 4 is 22.8 Å². The molecule has 102 valence electrons. The molecule has 1 atom stereocenters. The molecule has 2 heterocycles. The van der Waals surface area contributed by atoms with E-state index in [1.165, 1.54) is 0 Å². The first kappa shape index (κ1) is 12.6. The normalized spacial score (nSPS) is 18.9. The van der Waals surface area contributed by atoms with Crippen LogP contribution in [0.3, 0.4) is 0 Å². The van der Waals surface area contributed by atoms with E-state index in [-0.39, 0.29) is 18.1 Å². The molecule has 0 saturated carbocycles. The monoisotopic (exact) mass is 268 g/mol. The minimum absolute atomic E-state index is 0.0434. The number of nitrogens with two attached hydrogens (primary N) is 1. The van der Waals surface area contributed by atoms with Crippen molar-refractivity contribution in [1.29, 1.82) is 0 Å². The molecule has 1 aliphatic heterocycles. The van der Waals surface area contributed by atoms with E-state index >= 15 is 0 Å². The highest BCUT2D eigenvalue weighted by Crippen LogP contribution is 2.30. The van der Waals surface area contributed by atoms with Crippen LogP contribution in [0.4, 0.5) is 4.79 Å². The van der Waals surface area contributed by atoms with E-state index in [4.69, 9.17) is 5.73 Å². The van der Waals surface area contributed by atoms with Crippen molar-refractivity contribution in [3.63, 3.8) is 0 Å². The van der Waals surface area contributed by atoms with Crippen LogP contribution >= 0.6 is 0 Å². The number of hydrogen-bond acceptors (Lipinski definition) is 3. The molecule has 20 heavy (non-hydrogen) atoms. The summed E-state index contributed by atoms with van der Waals surface area (Å²) in [7, 11) is 0. The summed E-state index contributed by atoms with van der Waals surface area (Å²) >= 11 is 0. The summed E-state index contributed by atoms with van der Waals surface area (Å²) in [5, 5.41) is 1.03. The standard InChI is InChI=1S/C15H16N4O/c1-9(2)19-13(14(16)18-15(19)20)11-5-6-12-10(8-11)4-3-7-17-12/h3-9,13H,1-2H3,(H2,16,18,20). The lowest BCUT2D eigenvalue weighted by Crippen LogP contribution is -2.38. The number of urea groups is 1. The van der Waals surface area contributed by atoms with E-state index in [2.05, 4.69) is 9.98 Å². The number of hydrogen-bond donors (Lipinski definition) is 1. The highest BCUT2D eigenvalue weighted by atomic mass is 16.2. The van der Waals surface area contributed by atoms with Crippen LogP contribution in [0.15, 0.2) is 41.5 Å². The highest BCUT2D eigenvalue weighted by molar-refractivity contribution is 6.03. The first-order valence-corrected chi connectivity index (χ1v) is 6.59. The summed E-state index contributed by atoms with van der Waals surface area (Å²) in [6, 6.07) is 9.29. The maximum atomic E-state index is 11.9. The van der Waals surface area contributed by atoms with Gasteiger partial charge in [0.15, 0.2) is 0 Å². The van der Waals surface area contributed by atoms with Gasteiger partial charge in [-0.1, -0.05) is 12.1 Å². The van der Waals surface area contributed by atoms with Gasteiger partial charge in [0.1, 0.15) is 11.9 Å². The van der Waals surface area contributed by atoms with Crippen molar-refractivity contribution in [1.82, 2.24) is 9.88 Å². The van der Waals surface area contributed by atoms with Crippen LogP contribution in [0.25, 0.3) is 10.9 Å². The van der Waals surface area contributed by atoms with Crippen molar-refractivity contribution in [2.24, 2.45) is 10.7 Å². The van der Waals surface area contributed by atoms with Crippen molar-refractivity contribution < 1.29 is 4.79 Å². The topological polar surface area (TPSA) is 71.6 Å². The molecule has 0 saturated heterocycles. The molecular formula is C15H16N4O. The number of benzene rings is 1. The third kappa shape index (κ3) is 1.91. The van der Waals surface area contributed by atoms with Gasteiger partial charge in [-0.25, -0.2) is 4.79 Å². The van der Waals surface area contributed by atoms with Crippen LogP contribution in [0, 0.1) is 0 Å². The van der Waals surface area contributed by atoms with Crippen molar-refractivity contribution in [3.8, 4) is 0 Å².